The molecule has 2 N–H and O–H groups in total. The lowest BCUT2D eigenvalue weighted by Gasteiger charge is -2.33. The monoisotopic (exact) mass is 296 g/mol. The molecule has 0 aliphatic heterocycles. The van der Waals surface area contributed by atoms with Crippen molar-refractivity contribution in [1.29, 1.82) is 0 Å². The van der Waals surface area contributed by atoms with Crippen LogP contribution in [-0.2, 0) is 4.79 Å². The van der Waals surface area contributed by atoms with Crippen LogP contribution in [0.25, 0.3) is 0 Å². The lowest BCUT2D eigenvalue weighted by atomic mass is 9.84. The van der Waals surface area contributed by atoms with Gasteiger partial charge in [0.15, 0.2) is 0 Å². The molecule has 4 heteroatoms. The molecule has 0 amide bonds. The standard InChI is InChI=1S/C17H32N2O2/c1-13(2)8-11-19(3)12-9-14-5-4-10-17(14,16(20)21)18-15-6-7-15/h13-15,18H,4-12H2,1-3H3,(H,20,21). The topological polar surface area (TPSA) is 52.6 Å². The third-order valence-corrected chi connectivity index (χ3v) is 5.19. The highest BCUT2D eigenvalue weighted by Gasteiger charge is 2.51. The Morgan fingerprint density at radius 2 is 2.05 bits per heavy atom. The van der Waals surface area contributed by atoms with E-state index < -0.39 is 11.5 Å². The molecule has 0 aromatic carbocycles. The summed E-state index contributed by atoms with van der Waals surface area (Å²) in [5.74, 6) is 0.396. The van der Waals surface area contributed by atoms with Crippen LogP contribution in [0.2, 0.25) is 0 Å². The minimum atomic E-state index is -0.639. The maximum absolute atomic E-state index is 11.9. The highest BCUT2D eigenvalue weighted by molar-refractivity contribution is 5.80. The lowest BCUT2D eigenvalue weighted by Crippen LogP contribution is -2.56. The van der Waals surface area contributed by atoms with E-state index >= 15 is 0 Å². The van der Waals surface area contributed by atoms with E-state index in [1.165, 1.54) is 6.42 Å². The van der Waals surface area contributed by atoms with Gasteiger partial charge in [-0.25, -0.2) is 0 Å². The predicted octanol–water partition coefficient (Wildman–Crippen LogP) is 2.73. The van der Waals surface area contributed by atoms with Crippen LogP contribution in [0.5, 0.6) is 0 Å². The fourth-order valence-electron chi connectivity index (χ4n) is 3.56. The first-order chi connectivity index (χ1) is 9.94. The third kappa shape index (κ3) is 4.43. The largest absolute Gasteiger partial charge is 0.480 e. The van der Waals surface area contributed by atoms with Crippen LogP contribution in [0.4, 0.5) is 0 Å². The zero-order chi connectivity index (χ0) is 15.5. The predicted molar refractivity (Wildman–Crippen MR) is 85.4 cm³/mol. The van der Waals surface area contributed by atoms with Crippen LogP contribution >= 0.6 is 0 Å². The third-order valence-electron chi connectivity index (χ3n) is 5.19. The van der Waals surface area contributed by atoms with E-state index in [2.05, 4.69) is 31.1 Å². The Morgan fingerprint density at radius 1 is 1.33 bits per heavy atom. The van der Waals surface area contributed by atoms with Crippen molar-refractivity contribution in [2.75, 3.05) is 20.1 Å². The van der Waals surface area contributed by atoms with Crippen LogP contribution in [-0.4, -0.2) is 47.7 Å². The fourth-order valence-corrected chi connectivity index (χ4v) is 3.56. The van der Waals surface area contributed by atoms with Gasteiger partial charge < -0.3 is 10.0 Å². The molecule has 0 aromatic rings. The van der Waals surface area contributed by atoms with E-state index in [0.717, 1.165) is 57.5 Å². The summed E-state index contributed by atoms with van der Waals surface area (Å²) in [6.45, 7) is 6.62. The molecule has 0 aromatic heterocycles. The Kier molecular flexibility index (Phi) is 5.67. The number of hydrogen-bond donors (Lipinski definition) is 2. The molecular weight excluding hydrogens is 264 g/mol. The van der Waals surface area contributed by atoms with Gasteiger partial charge in [-0.2, -0.15) is 0 Å². The molecule has 0 spiro atoms. The van der Waals surface area contributed by atoms with Gasteiger partial charge >= 0.3 is 5.97 Å². The summed E-state index contributed by atoms with van der Waals surface area (Å²) in [4.78, 5) is 14.2. The Morgan fingerprint density at radius 3 is 2.62 bits per heavy atom. The van der Waals surface area contributed by atoms with Crippen molar-refractivity contribution in [3.8, 4) is 0 Å². The number of carboxylic acid groups (broad SMARTS) is 1. The van der Waals surface area contributed by atoms with Gasteiger partial charge in [-0.1, -0.05) is 20.3 Å². The van der Waals surface area contributed by atoms with E-state index in [9.17, 15) is 9.90 Å². The van der Waals surface area contributed by atoms with E-state index in [-0.39, 0.29) is 5.92 Å². The van der Waals surface area contributed by atoms with Crippen molar-refractivity contribution in [2.45, 2.75) is 70.4 Å². The SMILES string of the molecule is CC(C)CCN(C)CCC1CCCC1(NC1CC1)C(=O)O. The summed E-state index contributed by atoms with van der Waals surface area (Å²) in [6, 6.07) is 0.459. The average Bonchev–Trinajstić information content (AvgIpc) is 3.13. The molecule has 0 bridgehead atoms. The minimum absolute atomic E-state index is 0.289. The number of carbonyl (C=O) groups is 1. The first-order valence-electron chi connectivity index (χ1n) is 8.63. The van der Waals surface area contributed by atoms with Crippen molar-refractivity contribution in [2.24, 2.45) is 11.8 Å². The lowest BCUT2D eigenvalue weighted by molar-refractivity contribution is -0.147. The Labute approximate surface area is 129 Å². The molecule has 0 saturated heterocycles. The van der Waals surface area contributed by atoms with Crippen molar-refractivity contribution in [3.05, 3.63) is 0 Å². The van der Waals surface area contributed by atoms with Gasteiger partial charge in [0.25, 0.3) is 0 Å². The summed E-state index contributed by atoms with van der Waals surface area (Å²) in [5.41, 5.74) is -0.639. The van der Waals surface area contributed by atoms with E-state index in [0.29, 0.717) is 6.04 Å². The second-order valence-corrected chi connectivity index (χ2v) is 7.56. The summed E-state index contributed by atoms with van der Waals surface area (Å²) < 4.78 is 0. The van der Waals surface area contributed by atoms with Gasteiger partial charge in [-0.05, 0) is 70.5 Å². The number of carboxylic acids is 1. The van der Waals surface area contributed by atoms with Gasteiger partial charge in [0.2, 0.25) is 0 Å². The second-order valence-electron chi connectivity index (χ2n) is 7.56. The maximum atomic E-state index is 11.9. The van der Waals surface area contributed by atoms with Gasteiger partial charge in [-0.3, -0.25) is 10.1 Å². The first kappa shape index (κ1) is 16.8. The van der Waals surface area contributed by atoms with Crippen molar-refractivity contribution < 1.29 is 9.90 Å². The molecule has 2 atom stereocenters. The fraction of sp³-hybridized carbons (Fsp3) is 0.941. The summed E-state index contributed by atoms with van der Waals surface area (Å²) in [7, 11) is 2.16. The molecule has 2 unspecified atom stereocenters. The molecule has 2 saturated carbocycles. The molecular formula is C17H32N2O2. The van der Waals surface area contributed by atoms with Crippen LogP contribution in [0.1, 0.15) is 58.8 Å². The Balaban J connectivity index is 1.86. The highest BCUT2D eigenvalue weighted by atomic mass is 16.4. The summed E-state index contributed by atoms with van der Waals surface area (Å²) in [6.07, 6.45) is 7.42. The first-order valence-corrected chi connectivity index (χ1v) is 8.63. The number of rotatable bonds is 9. The zero-order valence-corrected chi connectivity index (χ0v) is 13.9. The molecule has 4 nitrogen and oxygen atoms in total. The van der Waals surface area contributed by atoms with E-state index in [4.69, 9.17) is 0 Å². The van der Waals surface area contributed by atoms with Crippen LogP contribution in [0.3, 0.4) is 0 Å². The van der Waals surface area contributed by atoms with Gasteiger partial charge in [0, 0.05) is 6.04 Å². The van der Waals surface area contributed by atoms with Crippen LogP contribution in [0, 0.1) is 11.8 Å². The number of aliphatic carboxylic acids is 1. The number of nitrogens with zero attached hydrogens (tertiary/aromatic N) is 1. The average molecular weight is 296 g/mol. The zero-order valence-electron chi connectivity index (χ0n) is 13.9. The maximum Gasteiger partial charge on any atom is 0.324 e. The molecule has 2 aliphatic rings. The molecule has 122 valence electrons. The van der Waals surface area contributed by atoms with E-state index in [1.807, 2.05) is 0 Å². The number of nitrogens with one attached hydrogen (secondary N) is 1. The molecule has 0 heterocycles. The Hall–Kier alpha value is -0.610. The second kappa shape index (κ2) is 7.10. The molecule has 2 aliphatic carbocycles. The quantitative estimate of drug-likeness (QED) is 0.687. The van der Waals surface area contributed by atoms with Crippen LogP contribution in [0.15, 0.2) is 0 Å². The summed E-state index contributed by atoms with van der Waals surface area (Å²) >= 11 is 0. The molecule has 2 fully saturated rings. The van der Waals surface area contributed by atoms with Crippen molar-refractivity contribution in [1.82, 2.24) is 10.2 Å². The number of hydrogen-bond acceptors (Lipinski definition) is 3. The minimum Gasteiger partial charge on any atom is -0.480 e. The smallest absolute Gasteiger partial charge is 0.324 e. The van der Waals surface area contributed by atoms with Gasteiger partial charge in [0.05, 0.1) is 0 Å². The normalized spacial score (nSPS) is 29.5. The van der Waals surface area contributed by atoms with Crippen molar-refractivity contribution >= 4 is 5.97 Å². The molecule has 2 rings (SSSR count). The van der Waals surface area contributed by atoms with Gasteiger partial charge in [-0.15, -0.1) is 0 Å². The van der Waals surface area contributed by atoms with Gasteiger partial charge in [0.1, 0.15) is 5.54 Å². The highest BCUT2D eigenvalue weighted by Crippen LogP contribution is 2.40. The van der Waals surface area contributed by atoms with Crippen molar-refractivity contribution in [3.63, 3.8) is 0 Å². The molecule has 0 radical (unpaired) electrons. The molecule has 21 heavy (non-hydrogen) atoms. The summed E-state index contributed by atoms with van der Waals surface area (Å²) in [5, 5.41) is 13.2. The Bertz CT molecular complexity index is 355. The van der Waals surface area contributed by atoms with E-state index in [1.54, 1.807) is 0 Å². The van der Waals surface area contributed by atoms with Crippen LogP contribution < -0.4 is 5.32 Å².